The summed E-state index contributed by atoms with van der Waals surface area (Å²) in [5, 5.41) is 15.9. The molecule has 1 aliphatic rings. The Hall–Kier alpha value is -6.29. The summed E-state index contributed by atoms with van der Waals surface area (Å²) in [6.07, 6.45) is 1.85. The Balaban J connectivity index is 0.975. The van der Waals surface area contributed by atoms with Crippen molar-refractivity contribution in [1.29, 1.82) is 0 Å². The average molecular weight is 813 g/mol. The molecule has 3 amide bonds. The van der Waals surface area contributed by atoms with Gasteiger partial charge in [-0.05, 0) is 55.2 Å². The number of aromatic carboxylic acids is 1. The second kappa shape index (κ2) is 18.3. The van der Waals surface area contributed by atoms with Crippen molar-refractivity contribution < 1.29 is 38.1 Å². The lowest BCUT2D eigenvalue weighted by molar-refractivity contribution is -0.117. The van der Waals surface area contributed by atoms with E-state index < -0.39 is 46.9 Å². The molecule has 58 heavy (non-hydrogen) atoms. The van der Waals surface area contributed by atoms with Gasteiger partial charge in [0.1, 0.15) is 29.6 Å². The quantitative estimate of drug-likeness (QED) is 0.111. The number of rotatable bonds is 13. The summed E-state index contributed by atoms with van der Waals surface area (Å²) in [4.78, 5) is 71.6. The number of nitrogens with one attached hydrogen (secondary N) is 2. The fraction of sp³-hybridized carbons (Fsp3) is 0.333. The van der Waals surface area contributed by atoms with E-state index in [1.807, 2.05) is 44.2 Å². The van der Waals surface area contributed by atoms with Crippen molar-refractivity contribution in [3.63, 3.8) is 0 Å². The number of aromatic nitrogens is 2. The number of hydrogen-bond acceptors (Lipinski definition) is 10. The summed E-state index contributed by atoms with van der Waals surface area (Å²) < 4.78 is 27.9. The van der Waals surface area contributed by atoms with Gasteiger partial charge in [0.2, 0.25) is 11.3 Å². The van der Waals surface area contributed by atoms with E-state index in [1.54, 1.807) is 59.8 Å². The first-order valence-electron chi connectivity index (χ1n) is 18.9. The lowest BCUT2D eigenvalue weighted by Gasteiger charge is -2.35. The van der Waals surface area contributed by atoms with E-state index in [0.717, 1.165) is 16.5 Å². The van der Waals surface area contributed by atoms with Crippen molar-refractivity contribution in [2.24, 2.45) is 5.92 Å². The summed E-state index contributed by atoms with van der Waals surface area (Å²) in [5.41, 5.74) is 1.68. The number of anilines is 2. The highest BCUT2D eigenvalue weighted by Crippen LogP contribution is 2.31. The van der Waals surface area contributed by atoms with E-state index in [9.17, 15) is 29.1 Å². The van der Waals surface area contributed by atoms with Crippen molar-refractivity contribution in [1.82, 2.24) is 19.8 Å². The van der Waals surface area contributed by atoms with Crippen LogP contribution in [0.3, 0.4) is 0 Å². The third-order valence-corrected chi connectivity index (χ3v) is 11.2. The van der Waals surface area contributed by atoms with Crippen LogP contribution in [-0.4, -0.2) is 69.8 Å². The summed E-state index contributed by atoms with van der Waals surface area (Å²) >= 11 is 1.36. The number of thiazole rings is 1. The van der Waals surface area contributed by atoms with Gasteiger partial charge in [0, 0.05) is 61.1 Å². The van der Waals surface area contributed by atoms with Gasteiger partial charge in [0.25, 0.3) is 0 Å². The van der Waals surface area contributed by atoms with Crippen molar-refractivity contribution in [3.8, 4) is 0 Å². The summed E-state index contributed by atoms with van der Waals surface area (Å²) in [6, 6.07) is 18.6. The second-order valence-corrected chi connectivity index (χ2v) is 15.3. The van der Waals surface area contributed by atoms with Crippen LogP contribution < -0.4 is 21.0 Å². The minimum atomic E-state index is -1.37. The first kappa shape index (κ1) is 41.3. The molecule has 0 spiro atoms. The van der Waals surface area contributed by atoms with Crippen LogP contribution in [-0.2, 0) is 34.0 Å². The molecular weight excluding hydrogens is 768 g/mol. The number of aryl methyl sites for hydroxylation is 1. The molecule has 1 unspecified atom stereocenters. The van der Waals surface area contributed by atoms with Crippen molar-refractivity contribution in [3.05, 3.63) is 122 Å². The second-order valence-electron chi connectivity index (χ2n) is 14.2. The number of piperazine rings is 1. The number of carboxylic acids is 1. The van der Waals surface area contributed by atoms with Crippen LogP contribution in [0.1, 0.15) is 71.0 Å². The molecule has 3 N–H and O–H groups in total. The molecule has 2 aromatic heterocycles. The van der Waals surface area contributed by atoms with E-state index in [1.165, 1.54) is 22.4 Å². The molecule has 1 aliphatic heterocycles. The van der Waals surface area contributed by atoms with Crippen LogP contribution in [0, 0.1) is 11.7 Å². The zero-order chi connectivity index (χ0) is 41.5. The lowest BCUT2D eigenvalue weighted by atomic mass is 10.1. The maximum Gasteiger partial charge on any atom is 0.410 e. The highest BCUT2D eigenvalue weighted by molar-refractivity contribution is 7.11. The average Bonchev–Trinajstić information content (AvgIpc) is 3.71. The number of carbonyl (C=O) groups is 4. The minimum absolute atomic E-state index is 0.00432. The molecule has 3 aromatic carbocycles. The number of ether oxygens (including phenoxy) is 2. The number of halogens is 1. The lowest BCUT2D eigenvalue weighted by Crippen LogP contribution is -2.49. The van der Waals surface area contributed by atoms with Crippen LogP contribution >= 0.6 is 11.3 Å². The van der Waals surface area contributed by atoms with Gasteiger partial charge in [-0.3, -0.25) is 9.59 Å². The molecule has 0 saturated carbocycles. The Morgan fingerprint density at radius 2 is 1.60 bits per heavy atom. The number of carboxylic acid groups (broad SMARTS) is 1. The smallest absolute Gasteiger partial charge is 0.410 e. The molecule has 304 valence electrons. The van der Waals surface area contributed by atoms with Gasteiger partial charge in [-0.15, -0.1) is 11.3 Å². The molecule has 3 heterocycles. The van der Waals surface area contributed by atoms with Crippen LogP contribution in [0.2, 0.25) is 0 Å². The van der Waals surface area contributed by atoms with Gasteiger partial charge in [-0.25, -0.2) is 23.8 Å². The molecule has 2 atom stereocenters. The predicted molar refractivity (Wildman–Crippen MR) is 218 cm³/mol. The Morgan fingerprint density at radius 3 is 2.26 bits per heavy atom. The third-order valence-electron chi connectivity index (χ3n) is 9.96. The number of amides is 3. The number of alkyl carbamates (subject to hydrolysis) is 1. The fourth-order valence-electron chi connectivity index (χ4n) is 6.54. The Labute approximate surface area is 338 Å². The molecule has 0 aliphatic carbocycles. The van der Waals surface area contributed by atoms with E-state index in [2.05, 4.69) is 15.6 Å². The molecule has 14 nitrogen and oxygen atoms in total. The predicted octanol–water partition coefficient (Wildman–Crippen LogP) is 7.14. The molecule has 0 radical (unpaired) electrons. The maximum absolute atomic E-state index is 15.3. The van der Waals surface area contributed by atoms with E-state index in [4.69, 9.17) is 9.47 Å². The van der Waals surface area contributed by atoms with Gasteiger partial charge in [-0.2, -0.15) is 0 Å². The monoisotopic (exact) mass is 812 g/mol. The SMILES string of the molecule is CCn1cc(C(=O)O)c(=O)c2cc(F)c(N3CCN(C(=O)OCc4ccc(NC(=O)C(C)c5cnc([C@@H](NC(=O)OCc6ccccc6)C(C)C)s5)cc4)CC3)cc21. The van der Waals surface area contributed by atoms with Gasteiger partial charge in [0.15, 0.2) is 0 Å². The molecule has 1 fully saturated rings. The molecule has 1 saturated heterocycles. The van der Waals surface area contributed by atoms with Crippen molar-refractivity contribution in [2.45, 2.75) is 59.4 Å². The maximum atomic E-state index is 15.3. The fourth-order valence-corrected chi connectivity index (χ4v) is 7.73. The third kappa shape index (κ3) is 9.62. The summed E-state index contributed by atoms with van der Waals surface area (Å²) in [5.74, 6) is -2.76. The summed E-state index contributed by atoms with van der Waals surface area (Å²) in [6.45, 7) is 9.24. The normalized spacial score (nSPS) is 13.9. The van der Waals surface area contributed by atoms with Gasteiger partial charge >= 0.3 is 18.2 Å². The van der Waals surface area contributed by atoms with Crippen LogP contribution in [0.4, 0.5) is 25.4 Å². The highest BCUT2D eigenvalue weighted by atomic mass is 32.1. The van der Waals surface area contributed by atoms with Crippen LogP contribution in [0.5, 0.6) is 0 Å². The molecule has 5 aromatic rings. The molecule has 6 rings (SSSR count). The first-order chi connectivity index (χ1) is 27.8. The van der Waals surface area contributed by atoms with Gasteiger partial charge in [0.05, 0.1) is 23.2 Å². The van der Waals surface area contributed by atoms with Crippen molar-refractivity contribution in [2.75, 3.05) is 36.4 Å². The Kier molecular flexibility index (Phi) is 13.1. The van der Waals surface area contributed by atoms with E-state index in [0.29, 0.717) is 41.4 Å². The van der Waals surface area contributed by atoms with Gasteiger partial charge < -0.3 is 39.6 Å². The number of pyridine rings is 1. The largest absolute Gasteiger partial charge is 0.477 e. The Bertz CT molecular complexity index is 2340. The van der Waals surface area contributed by atoms with E-state index >= 15 is 4.39 Å². The molecule has 16 heteroatoms. The van der Waals surface area contributed by atoms with Crippen LogP contribution in [0.25, 0.3) is 10.9 Å². The van der Waals surface area contributed by atoms with Crippen molar-refractivity contribution >= 4 is 57.7 Å². The van der Waals surface area contributed by atoms with E-state index in [-0.39, 0.29) is 49.2 Å². The molecular formula is C42H45FN6O8S. The number of nitrogens with zero attached hydrogens (tertiary/aromatic N) is 4. The standard InChI is InChI=1S/C42H45FN6O8S/c1-5-47-22-31(40(52)53)37(50)30-19-32(43)34(20-33(30)47)48-15-17-49(18-16-48)42(55)57-24-28-11-13-29(14-12-28)45-38(51)26(4)35-21-44-39(58-35)36(25(2)3)46-41(54)56-23-27-9-7-6-8-10-27/h6-14,19-22,25-26,36H,5,15-18,23-24H2,1-4H3,(H,45,51)(H,46,54)(H,52,53)/t26?,36-/m0/s1. The number of benzene rings is 3. The topological polar surface area (TPSA) is 172 Å². The number of carbonyl (C=O) groups excluding carboxylic acids is 3. The first-order valence-corrected chi connectivity index (χ1v) is 19.7. The zero-order valence-corrected chi connectivity index (χ0v) is 33.4. The summed E-state index contributed by atoms with van der Waals surface area (Å²) in [7, 11) is 0. The Morgan fingerprint density at radius 1 is 0.931 bits per heavy atom. The zero-order valence-electron chi connectivity index (χ0n) is 32.6. The number of fused-ring (bicyclic) bond motifs is 1. The molecule has 0 bridgehead atoms. The van der Waals surface area contributed by atoms with Crippen LogP contribution in [0.15, 0.2) is 83.9 Å². The van der Waals surface area contributed by atoms with Gasteiger partial charge in [-0.1, -0.05) is 56.3 Å². The minimum Gasteiger partial charge on any atom is -0.477 e. The highest BCUT2D eigenvalue weighted by Gasteiger charge is 2.27. The number of hydrogen-bond donors (Lipinski definition) is 3.